The molecule has 132 valence electrons. The molecule has 0 saturated carbocycles. The number of anilines is 1. The molecule has 0 spiro atoms. The zero-order valence-corrected chi connectivity index (χ0v) is 14.7. The molecule has 0 atom stereocenters. The van der Waals surface area contributed by atoms with E-state index >= 15 is 0 Å². The lowest BCUT2D eigenvalue weighted by Gasteiger charge is -2.18. The fourth-order valence-corrected chi connectivity index (χ4v) is 3.86. The van der Waals surface area contributed by atoms with Crippen molar-refractivity contribution in [1.82, 2.24) is 4.68 Å². The van der Waals surface area contributed by atoms with Crippen LogP contribution in [0.3, 0.4) is 0 Å². The summed E-state index contributed by atoms with van der Waals surface area (Å²) in [5.74, 6) is 0. The van der Waals surface area contributed by atoms with Gasteiger partial charge in [-0.2, -0.15) is 0 Å². The number of fused-ring (bicyclic) bond motifs is 1. The standard InChI is InChI=1S/C21H21N3O2/c1-15-21(16-7-3-2-4-8-16)19-9-5-6-10-20(19)23(15)22-17-11-13-18(14-12-17)24(25)26/h2-4,7-8,11-14,22H,5-6,9-10H2,1H3. The van der Waals surface area contributed by atoms with E-state index in [-0.39, 0.29) is 10.6 Å². The fraction of sp³-hybridized carbons (Fsp3) is 0.238. The van der Waals surface area contributed by atoms with Gasteiger partial charge in [0.05, 0.1) is 10.6 Å². The molecule has 5 nitrogen and oxygen atoms in total. The molecule has 1 aliphatic carbocycles. The summed E-state index contributed by atoms with van der Waals surface area (Å²) in [6.07, 6.45) is 4.54. The van der Waals surface area contributed by atoms with Crippen molar-refractivity contribution in [1.29, 1.82) is 0 Å². The van der Waals surface area contributed by atoms with Crippen LogP contribution in [0, 0.1) is 17.0 Å². The largest absolute Gasteiger partial charge is 0.294 e. The van der Waals surface area contributed by atoms with E-state index in [0.717, 1.165) is 18.5 Å². The third-order valence-electron chi connectivity index (χ3n) is 5.09. The van der Waals surface area contributed by atoms with Crippen LogP contribution in [0.1, 0.15) is 29.8 Å². The van der Waals surface area contributed by atoms with Gasteiger partial charge in [-0.05, 0) is 55.9 Å². The summed E-state index contributed by atoms with van der Waals surface area (Å²) in [6.45, 7) is 2.14. The van der Waals surface area contributed by atoms with Crippen LogP contribution < -0.4 is 5.43 Å². The molecule has 3 aromatic rings. The zero-order chi connectivity index (χ0) is 18.1. The smallest absolute Gasteiger partial charge is 0.269 e. The Morgan fingerprint density at radius 1 is 1.00 bits per heavy atom. The number of aromatic nitrogens is 1. The van der Waals surface area contributed by atoms with Gasteiger partial charge in [0.25, 0.3) is 5.69 Å². The van der Waals surface area contributed by atoms with Crippen molar-refractivity contribution in [3.05, 3.63) is 81.7 Å². The summed E-state index contributed by atoms with van der Waals surface area (Å²) in [5.41, 5.74) is 10.9. The minimum absolute atomic E-state index is 0.104. The first kappa shape index (κ1) is 16.4. The molecule has 1 heterocycles. The topological polar surface area (TPSA) is 60.1 Å². The highest BCUT2D eigenvalue weighted by Crippen LogP contribution is 2.36. The highest BCUT2D eigenvalue weighted by molar-refractivity contribution is 5.73. The average Bonchev–Trinajstić information content (AvgIpc) is 2.95. The van der Waals surface area contributed by atoms with Crippen LogP contribution in [0.4, 0.5) is 11.4 Å². The molecule has 2 aromatic carbocycles. The lowest BCUT2D eigenvalue weighted by molar-refractivity contribution is -0.384. The lowest BCUT2D eigenvalue weighted by atomic mass is 9.91. The minimum atomic E-state index is -0.375. The lowest BCUT2D eigenvalue weighted by Crippen LogP contribution is -2.16. The molecule has 0 fully saturated rings. The molecule has 4 rings (SSSR count). The molecule has 0 radical (unpaired) electrons. The molecular weight excluding hydrogens is 326 g/mol. The third-order valence-corrected chi connectivity index (χ3v) is 5.09. The summed E-state index contributed by atoms with van der Waals surface area (Å²) in [5, 5.41) is 10.9. The van der Waals surface area contributed by atoms with Crippen molar-refractivity contribution in [2.24, 2.45) is 0 Å². The second kappa shape index (κ2) is 6.67. The Bertz CT molecular complexity index is 944. The molecule has 0 amide bonds. The molecule has 26 heavy (non-hydrogen) atoms. The maximum Gasteiger partial charge on any atom is 0.269 e. The summed E-state index contributed by atoms with van der Waals surface area (Å²) < 4.78 is 2.16. The third kappa shape index (κ3) is 2.86. The first-order valence-corrected chi connectivity index (χ1v) is 8.95. The number of nitro benzene ring substituents is 1. The van der Waals surface area contributed by atoms with E-state index in [1.807, 2.05) is 6.07 Å². The fourth-order valence-electron chi connectivity index (χ4n) is 3.86. The van der Waals surface area contributed by atoms with Crippen molar-refractivity contribution in [2.75, 3.05) is 5.43 Å². The van der Waals surface area contributed by atoms with Crippen molar-refractivity contribution in [3.8, 4) is 11.1 Å². The number of hydrogen-bond acceptors (Lipinski definition) is 3. The van der Waals surface area contributed by atoms with Crippen LogP contribution in [-0.4, -0.2) is 9.60 Å². The summed E-state index contributed by atoms with van der Waals surface area (Å²) in [4.78, 5) is 10.5. The summed E-state index contributed by atoms with van der Waals surface area (Å²) >= 11 is 0. The Kier molecular flexibility index (Phi) is 4.21. The van der Waals surface area contributed by atoms with Crippen LogP contribution in [0.5, 0.6) is 0 Å². The van der Waals surface area contributed by atoms with Crippen LogP contribution in [0.25, 0.3) is 11.1 Å². The van der Waals surface area contributed by atoms with Gasteiger partial charge in [-0.1, -0.05) is 30.3 Å². The van der Waals surface area contributed by atoms with Crippen LogP contribution in [0.15, 0.2) is 54.6 Å². The molecular formula is C21H21N3O2. The molecule has 0 aliphatic heterocycles. The Morgan fingerprint density at radius 2 is 1.69 bits per heavy atom. The van der Waals surface area contributed by atoms with E-state index < -0.39 is 0 Å². The van der Waals surface area contributed by atoms with E-state index in [9.17, 15) is 10.1 Å². The van der Waals surface area contributed by atoms with E-state index in [1.165, 1.54) is 53.1 Å². The average molecular weight is 347 g/mol. The molecule has 0 bridgehead atoms. The molecule has 0 unspecified atom stereocenters. The normalized spacial score (nSPS) is 13.3. The Hall–Kier alpha value is -3.08. The number of benzene rings is 2. The minimum Gasteiger partial charge on any atom is -0.294 e. The zero-order valence-electron chi connectivity index (χ0n) is 14.7. The van der Waals surface area contributed by atoms with Gasteiger partial charge < -0.3 is 0 Å². The van der Waals surface area contributed by atoms with Gasteiger partial charge in [-0.25, -0.2) is 0 Å². The summed E-state index contributed by atoms with van der Waals surface area (Å²) in [6, 6.07) is 17.1. The Balaban J connectivity index is 1.77. The number of non-ortho nitro benzene ring substituents is 1. The number of nitro groups is 1. The van der Waals surface area contributed by atoms with E-state index in [2.05, 4.69) is 41.3 Å². The molecule has 1 N–H and O–H groups in total. The van der Waals surface area contributed by atoms with Crippen LogP contribution in [-0.2, 0) is 12.8 Å². The molecule has 5 heteroatoms. The van der Waals surface area contributed by atoms with Crippen LogP contribution >= 0.6 is 0 Å². The first-order valence-electron chi connectivity index (χ1n) is 8.95. The highest BCUT2D eigenvalue weighted by atomic mass is 16.6. The predicted molar refractivity (Wildman–Crippen MR) is 103 cm³/mol. The Morgan fingerprint density at radius 3 is 2.38 bits per heavy atom. The maximum absolute atomic E-state index is 10.9. The van der Waals surface area contributed by atoms with Gasteiger partial charge in [0.2, 0.25) is 0 Å². The maximum atomic E-state index is 10.9. The number of nitrogens with one attached hydrogen (secondary N) is 1. The van der Waals surface area contributed by atoms with E-state index in [0.29, 0.717) is 0 Å². The predicted octanol–water partition coefficient (Wildman–Crippen LogP) is 5.13. The van der Waals surface area contributed by atoms with Gasteiger partial charge in [0.15, 0.2) is 0 Å². The Labute approximate surface area is 152 Å². The van der Waals surface area contributed by atoms with Gasteiger partial charge in [0, 0.05) is 29.1 Å². The van der Waals surface area contributed by atoms with Gasteiger partial charge >= 0.3 is 0 Å². The molecule has 1 aromatic heterocycles. The van der Waals surface area contributed by atoms with Gasteiger partial charge in [0.1, 0.15) is 0 Å². The number of hydrogen-bond donors (Lipinski definition) is 1. The monoisotopic (exact) mass is 347 g/mol. The number of nitrogens with zero attached hydrogens (tertiary/aromatic N) is 2. The van der Waals surface area contributed by atoms with Crippen LogP contribution in [0.2, 0.25) is 0 Å². The van der Waals surface area contributed by atoms with E-state index in [4.69, 9.17) is 0 Å². The van der Waals surface area contributed by atoms with Crippen molar-refractivity contribution < 1.29 is 4.92 Å². The van der Waals surface area contributed by atoms with E-state index in [1.54, 1.807) is 12.1 Å². The summed E-state index contributed by atoms with van der Waals surface area (Å²) in [7, 11) is 0. The quantitative estimate of drug-likeness (QED) is 0.526. The first-order chi connectivity index (χ1) is 12.6. The van der Waals surface area contributed by atoms with Crippen molar-refractivity contribution in [2.45, 2.75) is 32.6 Å². The van der Waals surface area contributed by atoms with Crippen molar-refractivity contribution >= 4 is 11.4 Å². The second-order valence-corrected chi connectivity index (χ2v) is 6.71. The highest BCUT2D eigenvalue weighted by Gasteiger charge is 2.23. The second-order valence-electron chi connectivity index (χ2n) is 6.71. The van der Waals surface area contributed by atoms with Gasteiger partial charge in [-0.3, -0.25) is 20.2 Å². The SMILES string of the molecule is Cc1c(-c2ccccc2)c2c(n1Nc1ccc([N+](=O)[O-])cc1)CCCC2. The van der Waals surface area contributed by atoms with Crippen molar-refractivity contribution in [3.63, 3.8) is 0 Å². The number of rotatable bonds is 4. The van der Waals surface area contributed by atoms with Gasteiger partial charge in [-0.15, -0.1) is 0 Å². The molecule has 0 saturated heterocycles. The molecule has 1 aliphatic rings.